The van der Waals surface area contributed by atoms with Crippen molar-refractivity contribution < 1.29 is 17.9 Å². The van der Waals surface area contributed by atoms with Crippen LogP contribution in [0.2, 0.25) is 0 Å². The van der Waals surface area contributed by atoms with Gasteiger partial charge in [-0.15, -0.1) is 0 Å². The van der Waals surface area contributed by atoms with Gasteiger partial charge in [-0.3, -0.25) is 4.79 Å². The number of rotatable bonds is 4. The van der Waals surface area contributed by atoms with E-state index >= 15 is 0 Å². The lowest BCUT2D eigenvalue weighted by Crippen LogP contribution is -2.50. The number of amides is 1. The number of nitrogens with zero attached hydrogens (tertiary/aromatic N) is 2. The Bertz CT molecular complexity index is 650. The summed E-state index contributed by atoms with van der Waals surface area (Å²) >= 11 is 0. The standard InChI is InChI=1S/C15H22N2O4S/c1-12-10-13(4-5-14(12)21-2)11-15(18)16-6-8-17(9-7-16)22(3,19)20/h4-5,10H,6-9,11H2,1-3H3. The van der Waals surface area contributed by atoms with Crippen LogP contribution in [0.1, 0.15) is 11.1 Å². The normalized spacial score (nSPS) is 16.6. The Kier molecular flexibility index (Phi) is 5.08. The Labute approximate surface area is 131 Å². The van der Waals surface area contributed by atoms with Crippen molar-refractivity contribution in [1.82, 2.24) is 9.21 Å². The SMILES string of the molecule is COc1ccc(CC(=O)N2CCN(S(C)(=O)=O)CC2)cc1C. The second-order valence-electron chi connectivity index (χ2n) is 5.52. The molecule has 0 aromatic heterocycles. The Morgan fingerprint density at radius 2 is 1.86 bits per heavy atom. The van der Waals surface area contributed by atoms with Crippen molar-refractivity contribution in [1.29, 1.82) is 0 Å². The Hall–Kier alpha value is -1.60. The highest BCUT2D eigenvalue weighted by Crippen LogP contribution is 2.19. The first-order chi connectivity index (χ1) is 10.3. The van der Waals surface area contributed by atoms with Gasteiger partial charge in [0.2, 0.25) is 15.9 Å². The van der Waals surface area contributed by atoms with Gasteiger partial charge in [0.25, 0.3) is 0 Å². The lowest BCUT2D eigenvalue weighted by molar-refractivity contribution is -0.131. The number of carbonyl (C=O) groups excluding carboxylic acids is 1. The molecule has 0 N–H and O–H groups in total. The Morgan fingerprint density at radius 1 is 1.23 bits per heavy atom. The molecule has 1 aromatic rings. The van der Waals surface area contributed by atoms with Crippen LogP contribution in [0.25, 0.3) is 0 Å². The highest BCUT2D eigenvalue weighted by atomic mass is 32.2. The van der Waals surface area contributed by atoms with Gasteiger partial charge in [-0.2, -0.15) is 4.31 Å². The first-order valence-electron chi connectivity index (χ1n) is 7.17. The molecular weight excluding hydrogens is 304 g/mol. The molecule has 0 radical (unpaired) electrons. The average molecular weight is 326 g/mol. The lowest BCUT2D eigenvalue weighted by Gasteiger charge is -2.33. The van der Waals surface area contributed by atoms with E-state index in [0.29, 0.717) is 32.6 Å². The number of piperazine rings is 1. The van der Waals surface area contributed by atoms with Gasteiger partial charge in [0.15, 0.2) is 0 Å². The van der Waals surface area contributed by atoms with Gasteiger partial charge in [0.05, 0.1) is 19.8 Å². The molecule has 122 valence electrons. The van der Waals surface area contributed by atoms with Crippen LogP contribution >= 0.6 is 0 Å². The maximum atomic E-state index is 12.3. The van der Waals surface area contributed by atoms with Gasteiger partial charge in [-0.05, 0) is 24.1 Å². The van der Waals surface area contributed by atoms with Crippen molar-refractivity contribution >= 4 is 15.9 Å². The summed E-state index contributed by atoms with van der Waals surface area (Å²) in [5.41, 5.74) is 1.93. The van der Waals surface area contributed by atoms with Gasteiger partial charge in [0.1, 0.15) is 5.75 Å². The van der Waals surface area contributed by atoms with Gasteiger partial charge in [0, 0.05) is 26.2 Å². The molecule has 7 heteroatoms. The summed E-state index contributed by atoms with van der Waals surface area (Å²) < 4.78 is 29.5. The van der Waals surface area contributed by atoms with Crippen molar-refractivity contribution in [3.8, 4) is 5.75 Å². The third-order valence-electron chi connectivity index (χ3n) is 3.87. The molecule has 1 heterocycles. The van der Waals surface area contributed by atoms with Gasteiger partial charge < -0.3 is 9.64 Å². The van der Waals surface area contributed by atoms with Crippen molar-refractivity contribution in [3.63, 3.8) is 0 Å². The summed E-state index contributed by atoms with van der Waals surface area (Å²) in [7, 11) is -1.55. The monoisotopic (exact) mass is 326 g/mol. The Balaban J connectivity index is 1.95. The number of hydrogen-bond acceptors (Lipinski definition) is 4. The zero-order chi connectivity index (χ0) is 16.3. The fourth-order valence-corrected chi connectivity index (χ4v) is 3.43. The fourth-order valence-electron chi connectivity index (χ4n) is 2.61. The average Bonchev–Trinajstić information content (AvgIpc) is 2.46. The second-order valence-corrected chi connectivity index (χ2v) is 7.51. The fraction of sp³-hybridized carbons (Fsp3) is 0.533. The van der Waals surface area contributed by atoms with Gasteiger partial charge in [-0.1, -0.05) is 12.1 Å². The zero-order valence-corrected chi connectivity index (χ0v) is 14.0. The van der Waals surface area contributed by atoms with Crippen LogP contribution in [0.3, 0.4) is 0 Å². The Morgan fingerprint density at radius 3 is 2.36 bits per heavy atom. The minimum absolute atomic E-state index is 0.0257. The molecule has 1 fully saturated rings. The number of carbonyl (C=O) groups is 1. The van der Waals surface area contributed by atoms with E-state index in [-0.39, 0.29) is 5.91 Å². The first-order valence-corrected chi connectivity index (χ1v) is 9.02. The largest absolute Gasteiger partial charge is 0.496 e. The van der Waals surface area contributed by atoms with E-state index in [0.717, 1.165) is 16.9 Å². The molecule has 0 bridgehead atoms. The van der Waals surface area contributed by atoms with Crippen LogP contribution < -0.4 is 4.74 Å². The van der Waals surface area contributed by atoms with Crippen LogP contribution in [0, 0.1) is 6.92 Å². The van der Waals surface area contributed by atoms with Gasteiger partial charge >= 0.3 is 0 Å². The van der Waals surface area contributed by atoms with Crippen molar-refractivity contribution in [2.45, 2.75) is 13.3 Å². The first kappa shape index (κ1) is 16.8. The van der Waals surface area contributed by atoms with Crippen LogP contribution in [-0.4, -0.2) is 63.1 Å². The highest BCUT2D eigenvalue weighted by molar-refractivity contribution is 7.88. The number of aryl methyl sites for hydroxylation is 1. The van der Waals surface area contributed by atoms with Crippen LogP contribution in [-0.2, 0) is 21.2 Å². The molecule has 1 saturated heterocycles. The van der Waals surface area contributed by atoms with Crippen molar-refractivity contribution in [2.75, 3.05) is 39.5 Å². The molecule has 2 rings (SSSR count). The highest BCUT2D eigenvalue weighted by Gasteiger charge is 2.25. The second kappa shape index (κ2) is 6.66. The number of sulfonamides is 1. The molecule has 0 saturated carbocycles. The summed E-state index contributed by atoms with van der Waals surface area (Å²) in [6, 6.07) is 5.69. The molecule has 1 aliphatic rings. The topological polar surface area (TPSA) is 66.9 Å². The van der Waals surface area contributed by atoms with E-state index in [1.807, 2.05) is 25.1 Å². The zero-order valence-electron chi connectivity index (χ0n) is 13.2. The summed E-state index contributed by atoms with van der Waals surface area (Å²) in [4.78, 5) is 14.0. The number of ether oxygens (including phenoxy) is 1. The number of methoxy groups -OCH3 is 1. The molecule has 0 spiro atoms. The minimum Gasteiger partial charge on any atom is -0.496 e. The van der Waals surface area contributed by atoms with E-state index in [1.54, 1.807) is 12.0 Å². The molecule has 0 unspecified atom stereocenters. The maximum absolute atomic E-state index is 12.3. The molecular formula is C15H22N2O4S. The summed E-state index contributed by atoms with van der Waals surface area (Å²) in [6.07, 6.45) is 1.52. The van der Waals surface area contributed by atoms with Crippen molar-refractivity contribution in [2.24, 2.45) is 0 Å². The molecule has 1 amide bonds. The summed E-state index contributed by atoms with van der Waals surface area (Å²) in [5.74, 6) is 0.829. The van der Waals surface area contributed by atoms with Crippen LogP contribution in [0.15, 0.2) is 18.2 Å². The van der Waals surface area contributed by atoms with Crippen molar-refractivity contribution in [3.05, 3.63) is 29.3 Å². The summed E-state index contributed by atoms with van der Waals surface area (Å²) in [6.45, 7) is 3.57. The molecule has 22 heavy (non-hydrogen) atoms. The molecule has 0 aliphatic carbocycles. The third kappa shape index (κ3) is 3.98. The number of benzene rings is 1. The molecule has 1 aliphatic heterocycles. The van der Waals surface area contributed by atoms with Crippen LogP contribution in [0.5, 0.6) is 5.75 Å². The van der Waals surface area contributed by atoms with Gasteiger partial charge in [-0.25, -0.2) is 8.42 Å². The molecule has 6 nitrogen and oxygen atoms in total. The predicted octanol–water partition coefficient (Wildman–Crippen LogP) is 0.650. The van der Waals surface area contributed by atoms with E-state index in [4.69, 9.17) is 4.74 Å². The van der Waals surface area contributed by atoms with Crippen LogP contribution in [0.4, 0.5) is 0 Å². The number of hydrogen-bond donors (Lipinski definition) is 0. The molecule has 1 aromatic carbocycles. The van der Waals surface area contributed by atoms with E-state index < -0.39 is 10.0 Å². The predicted molar refractivity (Wildman–Crippen MR) is 84.4 cm³/mol. The summed E-state index contributed by atoms with van der Waals surface area (Å²) in [5, 5.41) is 0. The quantitative estimate of drug-likeness (QED) is 0.815. The van der Waals surface area contributed by atoms with E-state index in [2.05, 4.69) is 0 Å². The maximum Gasteiger partial charge on any atom is 0.227 e. The molecule has 0 atom stereocenters. The lowest BCUT2D eigenvalue weighted by atomic mass is 10.1. The third-order valence-corrected chi connectivity index (χ3v) is 5.18. The van der Waals surface area contributed by atoms with E-state index in [9.17, 15) is 13.2 Å². The minimum atomic E-state index is -3.17. The van der Waals surface area contributed by atoms with E-state index in [1.165, 1.54) is 10.6 Å². The smallest absolute Gasteiger partial charge is 0.227 e.